The summed E-state index contributed by atoms with van der Waals surface area (Å²) in [4.78, 5) is 20.3. The lowest BCUT2D eigenvalue weighted by Gasteiger charge is -2.29. The predicted octanol–water partition coefficient (Wildman–Crippen LogP) is 3.19. The SMILES string of the molecule is CN/C=C1/CN(c2nccc(Nc3cc4c(cn3)nc(C)n4C(C)C)n2)CCC1=N. The number of nitrogens with zero attached hydrogens (tertiary/aromatic N) is 6. The topological polar surface area (TPSA) is 108 Å². The first-order chi connectivity index (χ1) is 14.5. The zero-order chi connectivity index (χ0) is 21.3. The number of pyridine rings is 1. The van der Waals surface area contributed by atoms with Crippen LogP contribution < -0.4 is 15.5 Å². The third kappa shape index (κ3) is 3.83. The molecule has 1 fully saturated rings. The van der Waals surface area contributed by atoms with E-state index in [1.54, 1.807) is 12.4 Å². The highest BCUT2D eigenvalue weighted by Gasteiger charge is 2.21. The Balaban J connectivity index is 1.58. The molecule has 3 aromatic heterocycles. The van der Waals surface area contributed by atoms with Gasteiger partial charge in [0.05, 0.1) is 11.7 Å². The molecule has 0 bridgehead atoms. The Hall–Kier alpha value is -3.49. The van der Waals surface area contributed by atoms with Crippen molar-refractivity contribution in [3.63, 3.8) is 0 Å². The number of nitrogens with one attached hydrogen (secondary N) is 3. The van der Waals surface area contributed by atoms with Crippen molar-refractivity contribution in [3.05, 3.63) is 42.1 Å². The Bertz CT molecular complexity index is 1110. The van der Waals surface area contributed by atoms with Crippen molar-refractivity contribution in [2.24, 2.45) is 0 Å². The fraction of sp³-hybridized carbons (Fsp3) is 0.381. The van der Waals surface area contributed by atoms with Gasteiger partial charge >= 0.3 is 0 Å². The second-order valence-electron chi connectivity index (χ2n) is 7.66. The van der Waals surface area contributed by atoms with Crippen molar-refractivity contribution in [3.8, 4) is 0 Å². The van der Waals surface area contributed by atoms with Gasteiger partial charge < -0.3 is 25.5 Å². The van der Waals surface area contributed by atoms with Crippen LogP contribution in [0.2, 0.25) is 0 Å². The van der Waals surface area contributed by atoms with Crippen molar-refractivity contribution < 1.29 is 0 Å². The number of imidazole rings is 1. The van der Waals surface area contributed by atoms with Crippen molar-refractivity contribution in [2.45, 2.75) is 33.2 Å². The normalized spacial score (nSPS) is 16.0. The first kappa shape index (κ1) is 19.8. The molecule has 4 heterocycles. The minimum atomic E-state index is 0.314. The Labute approximate surface area is 175 Å². The summed E-state index contributed by atoms with van der Waals surface area (Å²) in [6.45, 7) is 7.64. The van der Waals surface area contributed by atoms with Crippen LogP contribution in [-0.4, -0.2) is 50.4 Å². The minimum Gasteiger partial charge on any atom is -0.394 e. The van der Waals surface area contributed by atoms with Crippen molar-refractivity contribution in [1.82, 2.24) is 29.8 Å². The number of piperidine rings is 1. The van der Waals surface area contributed by atoms with E-state index in [1.165, 1.54) is 0 Å². The average molecular weight is 406 g/mol. The molecule has 0 radical (unpaired) electrons. The molecule has 4 rings (SSSR count). The highest BCUT2D eigenvalue weighted by molar-refractivity contribution is 5.99. The molecule has 9 heteroatoms. The quantitative estimate of drug-likeness (QED) is 0.598. The van der Waals surface area contributed by atoms with Crippen LogP contribution in [0.4, 0.5) is 17.6 Å². The summed E-state index contributed by atoms with van der Waals surface area (Å²) < 4.78 is 2.20. The van der Waals surface area contributed by atoms with Crippen LogP contribution in [-0.2, 0) is 0 Å². The van der Waals surface area contributed by atoms with Crippen LogP contribution in [0.5, 0.6) is 0 Å². The number of aryl methyl sites for hydroxylation is 1. The lowest BCUT2D eigenvalue weighted by molar-refractivity contribution is 0.600. The van der Waals surface area contributed by atoms with Crippen molar-refractivity contribution in [1.29, 1.82) is 5.41 Å². The number of aromatic nitrogens is 5. The Morgan fingerprint density at radius 1 is 1.20 bits per heavy atom. The van der Waals surface area contributed by atoms with Gasteiger partial charge in [0.1, 0.15) is 23.0 Å². The van der Waals surface area contributed by atoms with E-state index >= 15 is 0 Å². The third-order valence-electron chi connectivity index (χ3n) is 5.15. The Kier molecular flexibility index (Phi) is 5.35. The van der Waals surface area contributed by atoms with E-state index in [-0.39, 0.29) is 0 Å². The zero-order valence-corrected chi connectivity index (χ0v) is 17.8. The summed E-state index contributed by atoms with van der Waals surface area (Å²) in [6, 6.07) is 4.15. The van der Waals surface area contributed by atoms with Crippen LogP contribution in [0, 0.1) is 12.3 Å². The maximum Gasteiger partial charge on any atom is 0.227 e. The molecule has 0 atom stereocenters. The molecule has 156 valence electrons. The molecule has 1 aliphatic heterocycles. The van der Waals surface area contributed by atoms with E-state index in [4.69, 9.17) is 5.41 Å². The lowest BCUT2D eigenvalue weighted by Crippen LogP contribution is -2.37. The summed E-state index contributed by atoms with van der Waals surface area (Å²) >= 11 is 0. The van der Waals surface area contributed by atoms with Gasteiger partial charge in [0, 0.05) is 62.3 Å². The summed E-state index contributed by atoms with van der Waals surface area (Å²) in [7, 11) is 1.84. The first-order valence-electron chi connectivity index (χ1n) is 10.1. The monoisotopic (exact) mass is 405 g/mol. The van der Waals surface area contributed by atoms with Gasteiger partial charge in [-0.2, -0.15) is 4.98 Å². The summed E-state index contributed by atoms with van der Waals surface area (Å²) in [5, 5.41) is 14.4. The molecule has 30 heavy (non-hydrogen) atoms. The van der Waals surface area contributed by atoms with Crippen molar-refractivity contribution >= 4 is 34.3 Å². The van der Waals surface area contributed by atoms with Gasteiger partial charge in [-0.25, -0.2) is 15.0 Å². The van der Waals surface area contributed by atoms with Crippen LogP contribution in [0.3, 0.4) is 0 Å². The van der Waals surface area contributed by atoms with Crippen LogP contribution in [0.15, 0.2) is 36.3 Å². The van der Waals surface area contributed by atoms with E-state index in [2.05, 4.69) is 53.9 Å². The number of anilines is 3. The van der Waals surface area contributed by atoms with Gasteiger partial charge in [0.25, 0.3) is 0 Å². The highest BCUT2D eigenvalue weighted by atomic mass is 15.3. The smallest absolute Gasteiger partial charge is 0.227 e. The van der Waals surface area contributed by atoms with E-state index in [0.29, 0.717) is 42.3 Å². The maximum atomic E-state index is 8.10. The molecule has 0 aromatic carbocycles. The molecule has 0 unspecified atom stereocenters. The van der Waals surface area contributed by atoms with Crippen LogP contribution >= 0.6 is 0 Å². The van der Waals surface area contributed by atoms with E-state index < -0.39 is 0 Å². The van der Waals surface area contributed by atoms with E-state index in [9.17, 15) is 0 Å². The second kappa shape index (κ2) is 8.10. The molecule has 3 aromatic rings. The molecule has 3 N–H and O–H groups in total. The van der Waals surface area contributed by atoms with Gasteiger partial charge in [0.2, 0.25) is 5.95 Å². The van der Waals surface area contributed by atoms with E-state index in [1.807, 2.05) is 32.3 Å². The summed E-state index contributed by atoms with van der Waals surface area (Å²) in [5.74, 6) is 3.01. The largest absolute Gasteiger partial charge is 0.394 e. The predicted molar refractivity (Wildman–Crippen MR) is 120 cm³/mol. The number of fused-ring (bicyclic) bond motifs is 1. The number of hydrogen-bond donors (Lipinski definition) is 3. The van der Waals surface area contributed by atoms with E-state index in [0.717, 1.165) is 29.0 Å². The number of hydrogen-bond acceptors (Lipinski definition) is 8. The van der Waals surface area contributed by atoms with Crippen LogP contribution in [0.25, 0.3) is 11.0 Å². The molecule has 0 spiro atoms. The van der Waals surface area contributed by atoms with Gasteiger partial charge in [0.15, 0.2) is 0 Å². The van der Waals surface area contributed by atoms with Gasteiger partial charge in [-0.3, -0.25) is 0 Å². The fourth-order valence-electron chi connectivity index (χ4n) is 3.81. The molecular formula is C21H27N9. The van der Waals surface area contributed by atoms with Gasteiger partial charge in [-0.05, 0) is 26.8 Å². The van der Waals surface area contributed by atoms with Gasteiger partial charge in [-0.15, -0.1) is 0 Å². The third-order valence-corrected chi connectivity index (χ3v) is 5.15. The fourth-order valence-corrected chi connectivity index (χ4v) is 3.81. The Morgan fingerprint density at radius 2 is 2.03 bits per heavy atom. The summed E-state index contributed by atoms with van der Waals surface area (Å²) in [5.41, 5.74) is 3.54. The zero-order valence-electron chi connectivity index (χ0n) is 17.8. The average Bonchev–Trinajstić information content (AvgIpc) is 3.05. The summed E-state index contributed by atoms with van der Waals surface area (Å²) in [6.07, 6.45) is 6.07. The molecular weight excluding hydrogens is 378 g/mol. The second-order valence-corrected chi connectivity index (χ2v) is 7.66. The van der Waals surface area contributed by atoms with Crippen molar-refractivity contribution in [2.75, 3.05) is 30.4 Å². The van der Waals surface area contributed by atoms with Crippen LogP contribution in [0.1, 0.15) is 32.1 Å². The highest BCUT2D eigenvalue weighted by Crippen LogP contribution is 2.24. The standard InChI is InChI=1S/C21H27N9/c1-13(2)30-14(3)26-17-11-25-20(9-18(17)30)27-19-5-7-24-21(28-19)29-8-6-16(22)15(12-29)10-23-4/h5,7,9-11,13,22-23H,6,8,12H2,1-4H3,(H,24,25,27,28)/b15-10-,22-16?. The molecule has 1 aliphatic rings. The minimum absolute atomic E-state index is 0.314. The molecule has 0 amide bonds. The molecule has 0 saturated carbocycles. The lowest BCUT2D eigenvalue weighted by atomic mass is 10.0. The molecule has 1 saturated heterocycles. The maximum absolute atomic E-state index is 8.10. The number of rotatable bonds is 5. The molecule has 9 nitrogen and oxygen atoms in total. The Morgan fingerprint density at radius 3 is 2.80 bits per heavy atom. The first-order valence-corrected chi connectivity index (χ1v) is 10.1. The van der Waals surface area contributed by atoms with Gasteiger partial charge in [-0.1, -0.05) is 0 Å². The molecule has 0 aliphatic carbocycles.